The molecule has 9 nitrogen and oxygen atoms in total. The third-order valence-electron chi connectivity index (χ3n) is 6.67. The molecule has 0 aliphatic carbocycles. The minimum Gasteiger partial charge on any atom is -0.451 e. The SMILES string of the molecule is NC1Cc2c(cccc2[N+](=O)[O-])C2COCC(C(=O)OC(c3ccccc3)c3ccccc3)N2C1=O. The molecule has 2 aliphatic heterocycles. The van der Waals surface area contributed by atoms with Gasteiger partial charge in [0, 0.05) is 18.1 Å². The van der Waals surface area contributed by atoms with Crippen molar-refractivity contribution in [1.29, 1.82) is 0 Å². The fourth-order valence-corrected chi connectivity index (χ4v) is 4.97. The molecular formula is C27H25N3O6. The Bertz CT molecular complexity index is 1240. The lowest BCUT2D eigenvalue weighted by Gasteiger charge is -2.41. The van der Waals surface area contributed by atoms with Crippen LogP contribution in [0, 0.1) is 10.1 Å². The van der Waals surface area contributed by atoms with Crippen LogP contribution in [0.4, 0.5) is 5.69 Å². The Hall–Kier alpha value is -4.08. The molecule has 3 atom stereocenters. The zero-order valence-corrected chi connectivity index (χ0v) is 19.4. The van der Waals surface area contributed by atoms with Crippen LogP contribution < -0.4 is 5.73 Å². The monoisotopic (exact) mass is 487 g/mol. The second kappa shape index (κ2) is 9.88. The first kappa shape index (κ1) is 23.7. The van der Waals surface area contributed by atoms with E-state index in [9.17, 15) is 19.7 Å². The van der Waals surface area contributed by atoms with Gasteiger partial charge in [0.25, 0.3) is 5.69 Å². The number of amides is 1. The molecule has 0 spiro atoms. The minimum absolute atomic E-state index is 0.00323. The van der Waals surface area contributed by atoms with Crippen molar-refractivity contribution in [1.82, 2.24) is 4.90 Å². The smallest absolute Gasteiger partial charge is 0.332 e. The van der Waals surface area contributed by atoms with E-state index in [1.165, 1.54) is 11.0 Å². The third kappa shape index (κ3) is 4.34. The van der Waals surface area contributed by atoms with E-state index >= 15 is 0 Å². The Morgan fingerprint density at radius 3 is 2.25 bits per heavy atom. The van der Waals surface area contributed by atoms with Crippen molar-refractivity contribution in [2.45, 2.75) is 30.7 Å². The average molecular weight is 488 g/mol. The summed E-state index contributed by atoms with van der Waals surface area (Å²) in [6, 6.07) is 20.6. The quantitative estimate of drug-likeness (QED) is 0.333. The van der Waals surface area contributed by atoms with Crippen LogP contribution in [0.5, 0.6) is 0 Å². The molecule has 1 amide bonds. The Kier molecular flexibility index (Phi) is 6.49. The first-order valence-corrected chi connectivity index (χ1v) is 11.7. The number of hydrogen-bond donors (Lipinski definition) is 1. The normalized spacial score (nSPS) is 21.3. The Morgan fingerprint density at radius 2 is 1.64 bits per heavy atom. The Morgan fingerprint density at radius 1 is 1.00 bits per heavy atom. The van der Waals surface area contributed by atoms with Crippen molar-refractivity contribution >= 4 is 17.6 Å². The molecular weight excluding hydrogens is 462 g/mol. The van der Waals surface area contributed by atoms with Gasteiger partial charge in [0.15, 0.2) is 12.1 Å². The van der Waals surface area contributed by atoms with E-state index in [0.29, 0.717) is 11.1 Å². The van der Waals surface area contributed by atoms with Crippen LogP contribution in [-0.4, -0.2) is 47.0 Å². The molecule has 36 heavy (non-hydrogen) atoms. The maximum absolute atomic E-state index is 13.6. The second-order valence-electron chi connectivity index (χ2n) is 8.87. The van der Waals surface area contributed by atoms with Crippen molar-refractivity contribution in [3.05, 3.63) is 111 Å². The number of nitrogens with two attached hydrogens (primary N) is 1. The molecule has 0 bridgehead atoms. The molecule has 3 aromatic carbocycles. The lowest BCUT2D eigenvalue weighted by molar-refractivity contribution is -0.385. The molecule has 2 N–H and O–H groups in total. The van der Waals surface area contributed by atoms with Crippen LogP contribution in [-0.2, 0) is 25.5 Å². The fourth-order valence-electron chi connectivity index (χ4n) is 4.97. The van der Waals surface area contributed by atoms with Gasteiger partial charge < -0.3 is 20.1 Å². The van der Waals surface area contributed by atoms with Gasteiger partial charge in [0.2, 0.25) is 5.91 Å². The highest BCUT2D eigenvalue weighted by atomic mass is 16.6. The number of nitrogens with zero attached hydrogens (tertiary/aromatic N) is 2. The van der Waals surface area contributed by atoms with E-state index < -0.39 is 41.0 Å². The number of hydrogen-bond acceptors (Lipinski definition) is 7. The molecule has 1 saturated heterocycles. The van der Waals surface area contributed by atoms with Gasteiger partial charge in [-0.15, -0.1) is 0 Å². The van der Waals surface area contributed by atoms with Gasteiger partial charge in [0.05, 0.1) is 30.2 Å². The van der Waals surface area contributed by atoms with Gasteiger partial charge in [-0.25, -0.2) is 4.79 Å². The highest BCUT2D eigenvalue weighted by molar-refractivity contribution is 5.89. The van der Waals surface area contributed by atoms with E-state index in [2.05, 4.69) is 0 Å². The van der Waals surface area contributed by atoms with Crippen LogP contribution in [0.1, 0.15) is 34.4 Å². The molecule has 0 radical (unpaired) electrons. The predicted molar refractivity (Wildman–Crippen MR) is 130 cm³/mol. The number of nitro groups is 1. The van der Waals surface area contributed by atoms with E-state index in [0.717, 1.165) is 11.1 Å². The van der Waals surface area contributed by atoms with Crippen molar-refractivity contribution in [3.63, 3.8) is 0 Å². The highest BCUT2D eigenvalue weighted by Crippen LogP contribution is 2.38. The molecule has 184 valence electrons. The number of ether oxygens (including phenoxy) is 2. The number of morpholine rings is 1. The van der Waals surface area contributed by atoms with E-state index in [-0.39, 0.29) is 25.3 Å². The van der Waals surface area contributed by atoms with Gasteiger partial charge in [-0.1, -0.05) is 72.8 Å². The molecule has 3 unspecified atom stereocenters. The van der Waals surface area contributed by atoms with Crippen LogP contribution in [0.3, 0.4) is 0 Å². The summed E-state index contributed by atoms with van der Waals surface area (Å²) in [7, 11) is 0. The molecule has 1 fully saturated rings. The Labute approximate surface area is 207 Å². The number of nitro benzene ring substituents is 1. The summed E-state index contributed by atoms with van der Waals surface area (Å²) in [6.45, 7) is 0.0333. The zero-order valence-electron chi connectivity index (χ0n) is 19.4. The average Bonchev–Trinajstić information content (AvgIpc) is 3.02. The van der Waals surface area contributed by atoms with Crippen LogP contribution >= 0.6 is 0 Å². The fraction of sp³-hybridized carbons (Fsp3) is 0.259. The maximum Gasteiger partial charge on any atom is 0.332 e. The number of carbonyl (C=O) groups excluding carboxylic acids is 2. The van der Waals surface area contributed by atoms with Crippen LogP contribution in [0.2, 0.25) is 0 Å². The molecule has 9 heteroatoms. The maximum atomic E-state index is 13.6. The van der Waals surface area contributed by atoms with Crippen LogP contribution in [0.25, 0.3) is 0 Å². The summed E-state index contributed by atoms with van der Waals surface area (Å²) in [4.78, 5) is 39.6. The number of rotatable bonds is 5. The highest BCUT2D eigenvalue weighted by Gasteiger charge is 2.46. The summed E-state index contributed by atoms with van der Waals surface area (Å²) < 4.78 is 11.8. The van der Waals surface area contributed by atoms with Gasteiger partial charge in [-0.3, -0.25) is 14.9 Å². The summed E-state index contributed by atoms with van der Waals surface area (Å²) >= 11 is 0. The topological polar surface area (TPSA) is 125 Å². The first-order chi connectivity index (χ1) is 17.5. The van der Waals surface area contributed by atoms with E-state index in [4.69, 9.17) is 15.2 Å². The van der Waals surface area contributed by atoms with Gasteiger partial charge in [-0.05, 0) is 16.7 Å². The zero-order chi connectivity index (χ0) is 25.2. The number of fused-ring (bicyclic) bond motifs is 3. The summed E-state index contributed by atoms with van der Waals surface area (Å²) in [6.07, 6.45) is -0.694. The molecule has 3 aromatic rings. The van der Waals surface area contributed by atoms with Crippen LogP contribution in [0.15, 0.2) is 78.9 Å². The number of carbonyl (C=O) groups is 2. The summed E-state index contributed by atoms with van der Waals surface area (Å²) in [5.74, 6) is -1.10. The summed E-state index contributed by atoms with van der Waals surface area (Å²) in [5, 5.41) is 11.7. The molecule has 5 rings (SSSR count). The van der Waals surface area contributed by atoms with Gasteiger partial charge >= 0.3 is 5.97 Å². The number of esters is 1. The standard InChI is InChI=1S/C27H25N3O6/c28-21-14-20-19(12-7-13-22(20)30(33)34)23-15-35-16-24(29(23)26(21)31)27(32)36-25(17-8-3-1-4-9-17)18-10-5-2-6-11-18/h1-13,21,23-25H,14-16,28H2. The largest absolute Gasteiger partial charge is 0.451 e. The van der Waals surface area contributed by atoms with Gasteiger partial charge in [0.1, 0.15) is 0 Å². The van der Waals surface area contributed by atoms with Crippen molar-refractivity contribution in [2.24, 2.45) is 5.73 Å². The number of benzene rings is 3. The predicted octanol–water partition coefficient (Wildman–Crippen LogP) is 3.08. The van der Waals surface area contributed by atoms with E-state index in [1.807, 2.05) is 60.7 Å². The molecule has 0 saturated carbocycles. The van der Waals surface area contributed by atoms with E-state index in [1.54, 1.807) is 12.1 Å². The third-order valence-corrected chi connectivity index (χ3v) is 6.67. The van der Waals surface area contributed by atoms with Gasteiger partial charge in [-0.2, -0.15) is 0 Å². The second-order valence-corrected chi connectivity index (χ2v) is 8.87. The Balaban J connectivity index is 1.50. The molecule has 2 aliphatic rings. The lowest BCUT2D eigenvalue weighted by Crippen LogP contribution is -2.57. The first-order valence-electron chi connectivity index (χ1n) is 11.7. The van der Waals surface area contributed by atoms with Crippen molar-refractivity contribution in [2.75, 3.05) is 13.2 Å². The minimum atomic E-state index is -1.05. The lowest BCUT2D eigenvalue weighted by atomic mass is 9.95. The molecule has 0 aromatic heterocycles. The molecule has 2 heterocycles. The van der Waals surface area contributed by atoms with Crippen molar-refractivity contribution in [3.8, 4) is 0 Å². The van der Waals surface area contributed by atoms with Crippen molar-refractivity contribution < 1.29 is 24.0 Å². The summed E-state index contributed by atoms with van der Waals surface area (Å²) in [5.41, 5.74) is 8.62.